The molecule has 2 bridgehead atoms. The molecule has 0 radical (unpaired) electrons. The van der Waals surface area contributed by atoms with E-state index in [4.69, 9.17) is 11.6 Å². The Bertz CT molecular complexity index is 609. The van der Waals surface area contributed by atoms with Crippen LogP contribution in [0.3, 0.4) is 0 Å². The van der Waals surface area contributed by atoms with E-state index >= 15 is 0 Å². The lowest BCUT2D eigenvalue weighted by molar-refractivity contribution is -0.162. The third-order valence-corrected chi connectivity index (χ3v) is 5.17. The summed E-state index contributed by atoms with van der Waals surface area (Å²) in [5.74, 6) is -1.02. The summed E-state index contributed by atoms with van der Waals surface area (Å²) in [6, 6.07) is 0.789. The van der Waals surface area contributed by atoms with Crippen molar-refractivity contribution in [3.63, 3.8) is 0 Å². The Hall–Kier alpha value is -1.34. The van der Waals surface area contributed by atoms with E-state index in [0.29, 0.717) is 23.4 Å². The van der Waals surface area contributed by atoms with Gasteiger partial charge in [-0.15, -0.1) is 0 Å². The molecule has 3 heterocycles. The molecular formula is C15H16ClF3N2O2. The van der Waals surface area contributed by atoms with Gasteiger partial charge in [-0.25, -0.2) is 0 Å². The summed E-state index contributed by atoms with van der Waals surface area (Å²) in [5, 5.41) is 10.1. The molecule has 2 unspecified atom stereocenters. The molecule has 8 heteroatoms. The van der Waals surface area contributed by atoms with Gasteiger partial charge in [0.1, 0.15) is 0 Å². The number of hydrogen-bond acceptors (Lipinski definition) is 3. The zero-order valence-electron chi connectivity index (χ0n) is 12.2. The van der Waals surface area contributed by atoms with Crippen molar-refractivity contribution in [2.45, 2.75) is 49.4 Å². The Labute approximate surface area is 136 Å². The minimum Gasteiger partial charge on any atom is -0.481 e. The molecule has 4 nitrogen and oxygen atoms in total. The first-order valence-corrected chi connectivity index (χ1v) is 7.76. The van der Waals surface area contributed by atoms with Gasteiger partial charge in [0, 0.05) is 24.5 Å². The normalized spacial score (nSPS) is 31.3. The maximum atomic E-state index is 12.8. The molecule has 1 N–H and O–H groups in total. The summed E-state index contributed by atoms with van der Waals surface area (Å²) in [6.07, 6.45) is 0.0654. The van der Waals surface area contributed by atoms with Crippen LogP contribution in [0.25, 0.3) is 0 Å². The minimum absolute atomic E-state index is 0.150. The van der Waals surface area contributed by atoms with Crippen molar-refractivity contribution < 1.29 is 23.1 Å². The van der Waals surface area contributed by atoms with Gasteiger partial charge in [0.05, 0.1) is 17.0 Å². The fraction of sp³-hybridized carbons (Fsp3) is 0.600. The fourth-order valence-electron chi connectivity index (χ4n) is 4.01. The van der Waals surface area contributed by atoms with Crippen molar-refractivity contribution >= 4 is 17.6 Å². The SMILES string of the molecule is O=C(O)C1(c2cncc(Cl)c2)CC2CCC(C1)N2CC(F)(F)F. The van der Waals surface area contributed by atoms with Crippen LogP contribution in [0, 0.1) is 0 Å². The van der Waals surface area contributed by atoms with Crippen LogP contribution in [-0.4, -0.2) is 45.8 Å². The Kier molecular flexibility index (Phi) is 4.04. The molecule has 2 atom stereocenters. The lowest BCUT2D eigenvalue weighted by atomic mass is 9.70. The van der Waals surface area contributed by atoms with Gasteiger partial charge in [0.2, 0.25) is 0 Å². The number of carboxylic acid groups (broad SMARTS) is 1. The lowest BCUT2D eigenvalue weighted by Gasteiger charge is -2.44. The third-order valence-electron chi connectivity index (χ3n) is 4.97. The largest absolute Gasteiger partial charge is 0.481 e. The molecule has 3 rings (SSSR count). The van der Waals surface area contributed by atoms with E-state index in [1.54, 1.807) is 6.07 Å². The number of alkyl halides is 3. The van der Waals surface area contributed by atoms with Crippen LogP contribution < -0.4 is 0 Å². The fourth-order valence-corrected chi connectivity index (χ4v) is 4.19. The number of aliphatic carboxylic acids is 1. The van der Waals surface area contributed by atoms with Gasteiger partial charge in [0.25, 0.3) is 0 Å². The molecule has 2 fully saturated rings. The molecule has 1 aromatic heterocycles. The highest BCUT2D eigenvalue weighted by Crippen LogP contribution is 2.48. The Morgan fingerprint density at radius 3 is 2.43 bits per heavy atom. The van der Waals surface area contributed by atoms with E-state index in [9.17, 15) is 23.1 Å². The zero-order valence-corrected chi connectivity index (χ0v) is 12.9. The van der Waals surface area contributed by atoms with Gasteiger partial charge in [-0.05, 0) is 37.3 Å². The molecular weight excluding hydrogens is 333 g/mol. The van der Waals surface area contributed by atoms with Crippen molar-refractivity contribution in [3.8, 4) is 0 Å². The van der Waals surface area contributed by atoms with Crippen LogP contribution in [0.4, 0.5) is 13.2 Å². The molecule has 23 heavy (non-hydrogen) atoms. The molecule has 0 amide bonds. The minimum atomic E-state index is -4.28. The smallest absolute Gasteiger partial charge is 0.401 e. The molecule has 126 valence electrons. The van der Waals surface area contributed by atoms with Crippen LogP contribution in [0.15, 0.2) is 18.5 Å². The van der Waals surface area contributed by atoms with Crippen LogP contribution in [0.2, 0.25) is 5.02 Å². The summed E-state index contributed by atoms with van der Waals surface area (Å²) in [5.41, 5.74) is -0.743. The third kappa shape index (κ3) is 3.04. The van der Waals surface area contributed by atoms with Crippen LogP contribution in [0.5, 0.6) is 0 Å². The number of hydrogen-bond donors (Lipinski definition) is 1. The number of pyridine rings is 1. The predicted octanol–water partition coefficient (Wildman–Crippen LogP) is 3.25. The average molecular weight is 349 g/mol. The van der Waals surface area contributed by atoms with Gasteiger partial charge < -0.3 is 5.11 Å². The maximum absolute atomic E-state index is 12.8. The number of aromatic nitrogens is 1. The van der Waals surface area contributed by atoms with Crippen molar-refractivity contribution in [1.82, 2.24) is 9.88 Å². The Balaban J connectivity index is 1.93. The molecule has 1 aromatic rings. The first kappa shape index (κ1) is 16.5. The van der Waals surface area contributed by atoms with Crippen LogP contribution >= 0.6 is 11.6 Å². The summed E-state index contributed by atoms with van der Waals surface area (Å²) < 4.78 is 38.3. The van der Waals surface area contributed by atoms with E-state index in [0.717, 1.165) is 0 Å². The highest BCUT2D eigenvalue weighted by atomic mass is 35.5. The van der Waals surface area contributed by atoms with Gasteiger partial charge >= 0.3 is 12.1 Å². The Morgan fingerprint density at radius 2 is 1.96 bits per heavy atom. The molecule has 2 aliphatic rings. The second-order valence-corrected chi connectivity index (χ2v) is 6.80. The van der Waals surface area contributed by atoms with Crippen LogP contribution in [0.1, 0.15) is 31.2 Å². The summed E-state index contributed by atoms with van der Waals surface area (Å²) in [6.45, 7) is -0.980. The van der Waals surface area contributed by atoms with Crippen molar-refractivity contribution in [1.29, 1.82) is 0 Å². The van der Waals surface area contributed by atoms with E-state index in [-0.39, 0.29) is 24.9 Å². The number of rotatable bonds is 3. The number of carboxylic acids is 1. The van der Waals surface area contributed by atoms with E-state index < -0.39 is 24.1 Å². The summed E-state index contributed by atoms with van der Waals surface area (Å²) in [4.78, 5) is 17.3. The maximum Gasteiger partial charge on any atom is 0.401 e. The number of piperidine rings is 1. The van der Waals surface area contributed by atoms with E-state index in [2.05, 4.69) is 4.98 Å². The van der Waals surface area contributed by atoms with Gasteiger partial charge in [0.15, 0.2) is 0 Å². The number of fused-ring (bicyclic) bond motifs is 2. The number of halogens is 4. The molecule has 2 aliphatic heterocycles. The zero-order chi connectivity index (χ0) is 16.8. The molecule has 0 aliphatic carbocycles. The van der Waals surface area contributed by atoms with E-state index in [1.165, 1.54) is 17.3 Å². The molecule has 0 saturated carbocycles. The predicted molar refractivity (Wildman–Crippen MR) is 77.4 cm³/mol. The standard InChI is InChI=1S/C15H16ClF3N2O2/c16-10-3-9(6-20-7-10)14(13(22)23)4-11-1-2-12(5-14)21(11)8-15(17,18)19/h3,6-7,11-12H,1-2,4-5,8H2,(H,22,23). The average Bonchev–Trinajstić information content (AvgIpc) is 2.69. The number of nitrogens with zero attached hydrogens (tertiary/aromatic N) is 2. The highest BCUT2D eigenvalue weighted by Gasteiger charge is 2.55. The molecule has 2 saturated heterocycles. The number of carbonyl (C=O) groups is 1. The Morgan fingerprint density at radius 1 is 1.35 bits per heavy atom. The van der Waals surface area contributed by atoms with E-state index in [1.807, 2.05) is 0 Å². The van der Waals surface area contributed by atoms with Gasteiger partial charge in [-0.3, -0.25) is 14.7 Å². The van der Waals surface area contributed by atoms with Crippen molar-refractivity contribution in [3.05, 3.63) is 29.0 Å². The van der Waals surface area contributed by atoms with Gasteiger partial charge in [-0.1, -0.05) is 11.6 Å². The van der Waals surface area contributed by atoms with Crippen molar-refractivity contribution in [2.75, 3.05) is 6.54 Å². The molecule has 0 spiro atoms. The van der Waals surface area contributed by atoms with Crippen LogP contribution in [-0.2, 0) is 10.2 Å². The first-order chi connectivity index (χ1) is 10.7. The second kappa shape index (κ2) is 5.63. The van der Waals surface area contributed by atoms with Gasteiger partial charge in [-0.2, -0.15) is 13.2 Å². The quantitative estimate of drug-likeness (QED) is 0.911. The second-order valence-electron chi connectivity index (χ2n) is 6.36. The van der Waals surface area contributed by atoms with Crippen molar-refractivity contribution in [2.24, 2.45) is 0 Å². The monoisotopic (exact) mass is 348 g/mol. The topological polar surface area (TPSA) is 53.4 Å². The summed E-state index contributed by atoms with van der Waals surface area (Å²) in [7, 11) is 0. The first-order valence-electron chi connectivity index (χ1n) is 7.38. The summed E-state index contributed by atoms with van der Waals surface area (Å²) >= 11 is 5.92. The lowest BCUT2D eigenvalue weighted by Crippen LogP contribution is -2.55. The molecule has 0 aromatic carbocycles. The highest BCUT2D eigenvalue weighted by molar-refractivity contribution is 6.30.